The summed E-state index contributed by atoms with van der Waals surface area (Å²) in [6.45, 7) is 4.48. The number of allylic oxidation sites excluding steroid dienone is 4. The third-order valence-electron chi connectivity index (χ3n) is 7.85. The predicted octanol–water partition coefficient (Wildman–Crippen LogP) is 7.24. The zero-order chi connectivity index (χ0) is 33.6. The minimum absolute atomic E-state index is 0.0334. The largest absolute Gasteiger partial charge is 0.544 e. The summed E-state index contributed by atoms with van der Waals surface area (Å²) in [4.78, 5) is 36.5. The summed E-state index contributed by atoms with van der Waals surface area (Å²) in [5.41, 5.74) is 0. The molecule has 0 aromatic carbocycles. The minimum atomic E-state index is -1.13. The Morgan fingerprint density at radius 3 is 1.82 bits per heavy atom. The van der Waals surface area contributed by atoms with Gasteiger partial charge in [-0.3, -0.25) is 9.59 Å². The Balaban J connectivity index is 4.48. The molecule has 0 fully saturated rings. The van der Waals surface area contributed by atoms with Crippen molar-refractivity contribution in [2.24, 2.45) is 0 Å². The fraction of sp³-hybridized carbons (Fsp3) is 0.811. The molecule has 0 radical (unpaired) electrons. The maximum atomic E-state index is 12.6. The number of esters is 2. The van der Waals surface area contributed by atoms with E-state index >= 15 is 0 Å². The third kappa shape index (κ3) is 27.8. The number of aliphatic carboxylic acids is 1. The highest BCUT2D eigenvalue weighted by Gasteiger charge is 2.25. The summed E-state index contributed by atoms with van der Waals surface area (Å²) >= 11 is 0. The maximum absolute atomic E-state index is 12.6. The minimum Gasteiger partial charge on any atom is -0.544 e. The van der Waals surface area contributed by atoms with E-state index < -0.39 is 18.1 Å². The maximum Gasteiger partial charge on any atom is 0.306 e. The highest BCUT2D eigenvalue weighted by molar-refractivity contribution is 5.70. The SMILES string of the molecule is CC/C=C/C/C=C/CCCCC(=O)OCC(COCCC(C(=O)[O-])[N+](C)(C)C)OC(=O)CCCCCCCCCCCCCC. The van der Waals surface area contributed by atoms with Crippen LogP contribution in [0.2, 0.25) is 0 Å². The molecule has 0 heterocycles. The first-order valence-electron chi connectivity index (χ1n) is 17.9. The lowest BCUT2D eigenvalue weighted by Crippen LogP contribution is -2.55. The number of likely N-dealkylation sites (N-methyl/N-ethyl adjacent to an activating group) is 1. The molecule has 262 valence electrons. The predicted molar refractivity (Wildman–Crippen MR) is 180 cm³/mol. The molecule has 0 saturated carbocycles. The van der Waals surface area contributed by atoms with Gasteiger partial charge in [0.05, 0.1) is 40.3 Å². The molecule has 45 heavy (non-hydrogen) atoms. The van der Waals surface area contributed by atoms with E-state index in [0.717, 1.165) is 51.4 Å². The summed E-state index contributed by atoms with van der Waals surface area (Å²) in [6.07, 6.45) is 27.8. The van der Waals surface area contributed by atoms with Crippen molar-refractivity contribution in [2.75, 3.05) is 41.0 Å². The lowest BCUT2D eigenvalue weighted by Gasteiger charge is -2.34. The van der Waals surface area contributed by atoms with Gasteiger partial charge in [-0.15, -0.1) is 0 Å². The van der Waals surface area contributed by atoms with Crippen LogP contribution in [-0.2, 0) is 28.6 Å². The number of rotatable bonds is 31. The van der Waals surface area contributed by atoms with Crippen LogP contribution in [0.1, 0.15) is 142 Å². The average molecular weight is 638 g/mol. The Morgan fingerprint density at radius 2 is 1.24 bits per heavy atom. The van der Waals surface area contributed by atoms with E-state index in [1.165, 1.54) is 57.8 Å². The number of carbonyl (C=O) groups is 3. The van der Waals surface area contributed by atoms with Crippen molar-refractivity contribution < 1.29 is 38.2 Å². The second-order valence-electron chi connectivity index (χ2n) is 13.1. The Bertz CT molecular complexity index is 803. The first-order valence-corrected chi connectivity index (χ1v) is 17.9. The first-order chi connectivity index (χ1) is 21.6. The zero-order valence-electron chi connectivity index (χ0n) is 29.5. The molecule has 0 aromatic rings. The fourth-order valence-corrected chi connectivity index (χ4v) is 5.05. The van der Waals surface area contributed by atoms with Crippen molar-refractivity contribution in [2.45, 2.75) is 154 Å². The third-order valence-corrected chi connectivity index (χ3v) is 7.85. The van der Waals surface area contributed by atoms with Gasteiger partial charge in [-0.1, -0.05) is 109 Å². The van der Waals surface area contributed by atoms with E-state index in [9.17, 15) is 19.5 Å². The molecule has 0 aliphatic heterocycles. The van der Waals surface area contributed by atoms with Gasteiger partial charge < -0.3 is 28.6 Å². The van der Waals surface area contributed by atoms with Gasteiger partial charge in [-0.05, 0) is 38.5 Å². The van der Waals surface area contributed by atoms with Gasteiger partial charge in [-0.2, -0.15) is 0 Å². The number of unbranched alkanes of at least 4 members (excludes halogenated alkanes) is 13. The van der Waals surface area contributed by atoms with Crippen LogP contribution in [0.25, 0.3) is 0 Å². The molecule has 0 bridgehead atoms. The van der Waals surface area contributed by atoms with Crippen molar-refractivity contribution in [3.8, 4) is 0 Å². The van der Waals surface area contributed by atoms with Crippen molar-refractivity contribution in [1.29, 1.82) is 0 Å². The van der Waals surface area contributed by atoms with Gasteiger partial charge >= 0.3 is 11.9 Å². The number of hydrogen-bond acceptors (Lipinski definition) is 7. The van der Waals surface area contributed by atoms with Crippen LogP contribution in [0, 0.1) is 0 Å². The highest BCUT2D eigenvalue weighted by atomic mass is 16.6. The molecule has 0 saturated heterocycles. The summed E-state index contributed by atoms with van der Waals surface area (Å²) in [5, 5.41) is 11.5. The number of carboxylic acid groups (broad SMARTS) is 1. The zero-order valence-corrected chi connectivity index (χ0v) is 29.5. The van der Waals surface area contributed by atoms with Crippen molar-refractivity contribution in [3.05, 3.63) is 24.3 Å². The number of carbonyl (C=O) groups excluding carboxylic acids is 3. The number of carboxylic acids is 1. The monoisotopic (exact) mass is 637 g/mol. The Kier molecular flexibility index (Phi) is 27.8. The lowest BCUT2D eigenvalue weighted by molar-refractivity contribution is -0.889. The van der Waals surface area contributed by atoms with Gasteiger partial charge in [0.2, 0.25) is 0 Å². The van der Waals surface area contributed by atoms with E-state index in [1.807, 2.05) is 0 Å². The van der Waals surface area contributed by atoms with E-state index in [2.05, 4.69) is 38.2 Å². The lowest BCUT2D eigenvalue weighted by atomic mass is 10.0. The number of hydrogen-bond donors (Lipinski definition) is 0. The molecular weight excluding hydrogens is 570 g/mol. The van der Waals surface area contributed by atoms with E-state index in [0.29, 0.717) is 12.8 Å². The molecule has 2 unspecified atom stereocenters. The van der Waals surface area contributed by atoms with Crippen molar-refractivity contribution in [1.82, 2.24) is 0 Å². The van der Waals surface area contributed by atoms with E-state index in [-0.39, 0.29) is 42.7 Å². The number of nitrogens with zero attached hydrogens (tertiary/aromatic N) is 1. The molecule has 8 nitrogen and oxygen atoms in total. The Morgan fingerprint density at radius 1 is 0.689 bits per heavy atom. The van der Waals surface area contributed by atoms with Crippen LogP contribution >= 0.6 is 0 Å². The van der Waals surface area contributed by atoms with Crippen LogP contribution in [-0.4, -0.2) is 75.5 Å². The van der Waals surface area contributed by atoms with Gasteiger partial charge in [0.1, 0.15) is 12.6 Å². The van der Waals surface area contributed by atoms with Crippen LogP contribution in [0.3, 0.4) is 0 Å². The second kappa shape index (κ2) is 29.2. The van der Waals surface area contributed by atoms with Crippen molar-refractivity contribution >= 4 is 17.9 Å². The molecule has 0 spiro atoms. The topological polar surface area (TPSA) is 102 Å². The van der Waals surface area contributed by atoms with E-state index in [1.54, 1.807) is 21.1 Å². The smallest absolute Gasteiger partial charge is 0.306 e. The van der Waals surface area contributed by atoms with Crippen molar-refractivity contribution in [3.63, 3.8) is 0 Å². The summed E-state index contributed by atoms with van der Waals surface area (Å²) < 4.78 is 17.0. The fourth-order valence-electron chi connectivity index (χ4n) is 5.05. The van der Waals surface area contributed by atoms with Gasteiger partial charge in [0, 0.05) is 19.3 Å². The first kappa shape index (κ1) is 42.8. The molecule has 8 heteroatoms. The van der Waals surface area contributed by atoms with Crippen LogP contribution < -0.4 is 5.11 Å². The van der Waals surface area contributed by atoms with Crippen LogP contribution in [0.4, 0.5) is 0 Å². The van der Waals surface area contributed by atoms with Gasteiger partial charge in [0.15, 0.2) is 6.10 Å². The highest BCUT2D eigenvalue weighted by Crippen LogP contribution is 2.14. The summed E-state index contributed by atoms with van der Waals surface area (Å²) in [7, 11) is 5.38. The molecule has 0 aromatic heterocycles. The molecule has 0 aliphatic rings. The molecule has 0 rings (SSSR count). The second-order valence-corrected chi connectivity index (χ2v) is 13.1. The summed E-state index contributed by atoms with van der Waals surface area (Å²) in [6, 6.07) is -0.725. The molecule has 0 aliphatic carbocycles. The van der Waals surface area contributed by atoms with E-state index in [4.69, 9.17) is 14.2 Å². The summed E-state index contributed by atoms with van der Waals surface area (Å²) in [5.74, 6) is -1.78. The molecule has 0 N–H and O–H groups in total. The quantitative estimate of drug-likeness (QED) is 0.0342. The Hall–Kier alpha value is -2.19. The Labute approximate surface area is 275 Å². The number of quaternary nitrogens is 1. The number of ether oxygens (including phenoxy) is 3. The average Bonchev–Trinajstić information content (AvgIpc) is 2.98. The molecule has 0 amide bonds. The normalized spacial score (nSPS) is 13.4. The van der Waals surface area contributed by atoms with Gasteiger partial charge in [0.25, 0.3) is 0 Å². The van der Waals surface area contributed by atoms with Crippen LogP contribution in [0.5, 0.6) is 0 Å². The van der Waals surface area contributed by atoms with Crippen LogP contribution in [0.15, 0.2) is 24.3 Å². The standard InChI is InChI=1S/C37H67NO7/c1-6-8-10-12-14-16-17-18-20-22-24-26-28-36(40)45-33(31-43-30-29-34(37(41)42)38(3,4)5)32-44-35(39)27-25-23-21-19-15-13-11-9-7-2/h9,11,15,19,33-34H,6-8,10,12-14,16-18,20-32H2,1-5H3/b11-9+,19-15+. The molecule has 2 atom stereocenters. The molecular formula is C37H67NO7. The van der Waals surface area contributed by atoms with Gasteiger partial charge in [-0.25, -0.2) is 0 Å².